The lowest BCUT2D eigenvalue weighted by molar-refractivity contribution is 0.262. The van der Waals surface area contributed by atoms with Crippen molar-refractivity contribution in [1.29, 1.82) is 0 Å². The summed E-state index contributed by atoms with van der Waals surface area (Å²) in [7, 11) is -10.0. The number of guanidine groups is 1. The molecule has 0 spiro atoms. The highest BCUT2D eigenvalue weighted by Gasteiger charge is 2.63. The van der Waals surface area contributed by atoms with Crippen LogP contribution in [0.4, 0.5) is 0 Å². The first-order chi connectivity index (χ1) is 7.67. The number of nitrogens with one attached hydrogen (secondary N) is 1. The minimum Gasteiger partial charge on any atom is -0.341 e. The van der Waals surface area contributed by atoms with Gasteiger partial charge in [-0.2, -0.15) is 0 Å². The zero-order valence-electron chi connectivity index (χ0n) is 8.72. The summed E-state index contributed by atoms with van der Waals surface area (Å²) in [5.41, 5.74) is 0. The van der Waals surface area contributed by atoms with Crippen molar-refractivity contribution >= 4 is 21.2 Å². The van der Waals surface area contributed by atoms with E-state index in [1.165, 1.54) is 0 Å². The van der Waals surface area contributed by atoms with Gasteiger partial charge in [-0.05, 0) is 0 Å². The van der Waals surface area contributed by atoms with E-state index in [4.69, 9.17) is 0 Å². The number of rotatable bonds is 2. The molecule has 0 aromatic heterocycles. The minimum absolute atomic E-state index is 0.142. The van der Waals surface area contributed by atoms with Crippen molar-refractivity contribution in [2.75, 3.05) is 19.6 Å². The van der Waals surface area contributed by atoms with Gasteiger partial charge in [0.05, 0.1) is 6.54 Å². The Labute approximate surface area is 96.9 Å². The second-order valence-electron chi connectivity index (χ2n) is 3.97. The molecule has 5 N–H and O–H groups in total. The van der Waals surface area contributed by atoms with Crippen LogP contribution in [-0.2, 0) is 9.13 Å². The van der Waals surface area contributed by atoms with Gasteiger partial charge < -0.3 is 29.8 Å². The van der Waals surface area contributed by atoms with Crippen LogP contribution in [0.25, 0.3) is 0 Å². The second kappa shape index (κ2) is 3.78. The Morgan fingerprint density at radius 2 is 1.76 bits per heavy atom. The van der Waals surface area contributed by atoms with Crippen LogP contribution in [0.3, 0.4) is 0 Å². The van der Waals surface area contributed by atoms with E-state index in [0.717, 1.165) is 0 Å². The molecular formula is C6H13N3O6P2. The molecule has 0 unspecified atom stereocenters. The van der Waals surface area contributed by atoms with Gasteiger partial charge in [-0.15, -0.1) is 0 Å². The van der Waals surface area contributed by atoms with Crippen LogP contribution < -0.4 is 5.32 Å². The lowest BCUT2D eigenvalue weighted by Crippen LogP contribution is -2.58. The van der Waals surface area contributed by atoms with Crippen LogP contribution in [0.1, 0.15) is 6.42 Å². The van der Waals surface area contributed by atoms with Gasteiger partial charge in [0.15, 0.2) is 5.96 Å². The molecule has 0 amide bonds. The van der Waals surface area contributed by atoms with E-state index in [0.29, 0.717) is 13.1 Å². The summed E-state index contributed by atoms with van der Waals surface area (Å²) in [6, 6.07) is 0. The number of hydrogen-bond donors (Lipinski definition) is 5. The summed E-state index contributed by atoms with van der Waals surface area (Å²) in [4.78, 5) is 42.5. The molecule has 0 aromatic rings. The SMILES string of the molecule is O=P(O)(O)C1(P(=O)(O)O)CCN2CCN=C2N1. The number of nitrogens with zero attached hydrogens (tertiary/aromatic N) is 2. The molecule has 1 saturated heterocycles. The van der Waals surface area contributed by atoms with Crippen LogP contribution in [0.15, 0.2) is 4.99 Å². The average molecular weight is 285 g/mol. The molecule has 0 saturated carbocycles. The molecule has 2 aliphatic heterocycles. The fourth-order valence-corrected chi connectivity index (χ4v) is 4.59. The van der Waals surface area contributed by atoms with Crippen LogP contribution in [-0.4, -0.2) is 55.1 Å². The van der Waals surface area contributed by atoms with E-state index in [9.17, 15) is 28.7 Å². The lowest BCUT2D eigenvalue weighted by atomic mass is 10.3. The fourth-order valence-electron chi connectivity index (χ4n) is 1.96. The molecule has 0 atom stereocenters. The summed E-state index contributed by atoms with van der Waals surface area (Å²) in [5, 5.41) is -0.284. The smallest absolute Gasteiger partial charge is 0.341 e. The van der Waals surface area contributed by atoms with Gasteiger partial charge in [0.2, 0.25) is 5.02 Å². The van der Waals surface area contributed by atoms with Gasteiger partial charge in [-0.3, -0.25) is 14.1 Å². The Kier molecular flexibility index (Phi) is 2.89. The third kappa shape index (κ3) is 1.93. The quantitative estimate of drug-likeness (QED) is 0.392. The molecule has 9 nitrogen and oxygen atoms in total. The zero-order valence-corrected chi connectivity index (χ0v) is 10.5. The van der Waals surface area contributed by atoms with Crippen molar-refractivity contribution < 1.29 is 28.7 Å². The van der Waals surface area contributed by atoms with E-state index < -0.39 is 20.2 Å². The van der Waals surface area contributed by atoms with Crippen LogP contribution in [0, 0.1) is 0 Å². The third-order valence-corrected chi connectivity index (χ3v) is 7.10. The largest absolute Gasteiger partial charge is 0.363 e. The highest BCUT2D eigenvalue weighted by molar-refractivity contribution is 7.72. The average Bonchev–Trinajstić information content (AvgIpc) is 2.59. The molecular weight excluding hydrogens is 272 g/mol. The molecule has 0 aromatic carbocycles. The molecule has 2 heterocycles. The van der Waals surface area contributed by atoms with Crippen LogP contribution in [0.2, 0.25) is 0 Å². The number of fused-ring (bicyclic) bond motifs is 1. The second-order valence-corrected chi connectivity index (χ2v) is 8.03. The monoisotopic (exact) mass is 285 g/mol. The summed E-state index contributed by atoms with van der Waals surface area (Å²) in [6.45, 7) is 1.18. The van der Waals surface area contributed by atoms with Gasteiger partial charge >= 0.3 is 15.2 Å². The van der Waals surface area contributed by atoms with Gasteiger partial charge in [0.1, 0.15) is 0 Å². The number of hydrogen-bond acceptors (Lipinski definition) is 5. The van der Waals surface area contributed by atoms with E-state index in [1.807, 2.05) is 0 Å². The van der Waals surface area contributed by atoms with Crippen molar-refractivity contribution in [3.05, 3.63) is 0 Å². The van der Waals surface area contributed by atoms with E-state index >= 15 is 0 Å². The fraction of sp³-hybridized carbons (Fsp3) is 0.833. The Morgan fingerprint density at radius 3 is 2.29 bits per heavy atom. The Hall–Kier alpha value is -0.430. The Morgan fingerprint density at radius 1 is 1.18 bits per heavy atom. The van der Waals surface area contributed by atoms with Crippen LogP contribution in [0.5, 0.6) is 0 Å². The molecule has 17 heavy (non-hydrogen) atoms. The van der Waals surface area contributed by atoms with Gasteiger partial charge in [0, 0.05) is 19.5 Å². The molecule has 2 aliphatic rings. The van der Waals surface area contributed by atoms with Crippen LogP contribution >= 0.6 is 15.2 Å². The first kappa shape index (κ1) is 13.0. The molecule has 0 bridgehead atoms. The first-order valence-electron chi connectivity index (χ1n) is 4.86. The predicted molar refractivity (Wildman–Crippen MR) is 58.4 cm³/mol. The first-order valence-corrected chi connectivity index (χ1v) is 8.09. The standard InChI is InChI=1S/C6H13N3O6P2/c10-16(11,12)6(17(13,14)15)1-3-9-4-2-7-5(9)8-6/h1-4H2,(H,7,8)(H2,10,11,12)(H2,13,14,15). The lowest BCUT2D eigenvalue weighted by Gasteiger charge is -2.42. The normalized spacial score (nSPS) is 24.0. The van der Waals surface area contributed by atoms with E-state index in [-0.39, 0.29) is 18.9 Å². The van der Waals surface area contributed by atoms with Crippen molar-refractivity contribution in [3.63, 3.8) is 0 Å². The predicted octanol–water partition coefficient (Wildman–Crippen LogP) is -1.34. The van der Waals surface area contributed by atoms with E-state index in [2.05, 4.69) is 10.3 Å². The summed E-state index contributed by atoms with van der Waals surface area (Å²) >= 11 is 0. The molecule has 1 fully saturated rings. The molecule has 2 rings (SSSR count). The van der Waals surface area contributed by atoms with Crippen molar-refractivity contribution in [3.8, 4) is 0 Å². The van der Waals surface area contributed by atoms with Gasteiger partial charge in [-0.25, -0.2) is 0 Å². The molecule has 11 heteroatoms. The number of aliphatic imine (C=N–C) groups is 1. The highest BCUT2D eigenvalue weighted by atomic mass is 31.2. The maximum absolute atomic E-state index is 11.4. The van der Waals surface area contributed by atoms with Gasteiger partial charge in [-0.1, -0.05) is 0 Å². The van der Waals surface area contributed by atoms with Gasteiger partial charge in [0.25, 0.3) is 0 Å². The molecule has 98 valence electrons. The molecule has 0 radical (unpaired) electrons. The Balaban J connectivity index is 2.44. The van der Waals surface area contributed by atoms with Crippen molar-refractivity contribution in [2.24, 2.45) is 4.99 Å². The zero-order chi connectivity index (χ0) is 12.9. The topological polar surface area (TPSA) is 143 Å². The maximum Gasteiger partial charge on any atom is 0.363 e. The maximum atomic E-state index is 11.4. The summed E-state index contributed by atoms with van der Waals surface area (Å²) in [6.07, 6.45) is -0.333. The van der Waals surface area contributed by atoms with Crippen molar-refractivity contribution in [1.82, 2.24) is 10.2 Å². The van der Waals surface area contributed by atoms with E-state index in [1.54, 1.807) is 4.90 Å². The van der Waals surface area contributed by atoms with Crippen molar-refractivity contribution in [2.45, 2.75) is 11.4 Å². The molecule has 0 aliphatic carbocycles. The highest BCUT2D eigenvalue weighted by Crippen LogP contribution is 2.69. The third-order valence-electron chi connectivity index (χ3n) is 2.94. The summed E-state index contributed by atoms with van der Waals surface area (Å²) < 4.78 is 22.8. The minimum atomic E-state index is -5.02. The Bertz CT molecular complexity index is 431. The summed E-state index contributed by atoms with van der Waals surface area (Å²) in [5.74, 6) is 0.142.